The Bertz CT molecular complexity index is 753. The van der Waals surface area contributed by atoms with Crippen molar-refractivity contribution in [1.82, 2.24) is 10.2 Å². The second-order valence-corrected chi connectivity index (χ2v) is 15.7. The average molecular weight is 465 g/mol. The average Bonchev–Trinajstić information content (AvgIpc) is 3.12. The largest absolute Gasteiger partial charge is 0.467 e. The monoisotopic (exact) mass is 464 g/mol. The molecule has 0 aromatic carbocycles. The third-order valence-corrected chi connectivity index (χ3v) is 6.68. The Morgan fingerprint density at radius 3 is 2.19 bits per heavy atom. The summed E-state index contributed by atoms with van der Waals surface area (Å²) >= 11 is 0. The molecule has 2 fully saturated rings. The number of hydrogen-bond donors (Lipinski definition) is 1. The molecule has 3 atom stereocenters. The minimum atomic E-state index is -1.66. The van der Waals surface area contributed by atoms with E-state index in [-0.39, 0.29) is 17.9 Å². The summed E-state index contributed by atoms with van der Waals surface area (Å²) in [6.07, 6.45) is 5.39. The van der Waals surface area contributed by atoms with Crippen molar-refractivity contribution in [2.45, 2.75) is 109 Å². The van der Waals surface area contributed by atoms with Gasteiger partial charge in [-0.05, 0) is 52.4 Å². The van der Waals surface area contributed by atoms with Crippen molar-refractivity contribution in [1.29, 1.82) is 0 Å². The van der Waals surface area contributed by atoms with E-state index in [9.17, 15) is 14.4 Å². The van der Waals surface area contributed by atoms with Crippen molar-refractivity contribution in [2.75, 3.05) is 7.11 Å². The van der Waals surface area contributed by atoms with Gasteiger partial charge in [0.1, 0.15) is 25.8 Å². The molecule has 2 rings (SSSR count). The van der Waals surface area contributed by atoms with E-state index in [4.69, 9.17) is 9.47 Å². The van der Waals surface area contributed by atoms with Crippen molar-refractivity contribution in [3.63, 3.8) is 0 Å². The molecule has 1 unspecified atom stereocenters. The van der Waals surface area contributed by atoms with Crippen LogP contribution in [0.4, 0.5) is 4.79 Å². The van der Waals surface area contributed by atoms with E-state index in [2.05, 4.69) is 36.4 Å². The summed E-state index contributed by atoms with van der Waals surface area (Å²) in [6, 6.07) is -1.78. The predicted octanol–water partition coefficient (Wildman–Crippen LogP) is 3.87. The lowest BCUT2D eigenvalue weighted by molar-refractivity contribution is -0.153. The van der Waals surface area contributed by atoms with Gasteiger partial charge in [0.2, 0.25) is 5.91 Å². The first-order valence-corrected chi connectivity index (χ1v) is 15.2. The number of likely N-dealkylation sites (tertiary alicyclic amines) is 1. The molecule has 0 bridgehead atoms. The summed E-state index contributed by atoms with van der Waals surface area (Å²) in [5.74, 6) is 2.59. The van der Waals surface area contributed by atoms with Crippen molar-refractivity contribution < 1.29 is 23.9 Å². The van der Waals surface area contributed by atoms with Crippen molar-refractivity contribution >= 4 is 26.0 Å². The van der Waals surface area contributed by atoms with Crippen LogP contribution in [0.2, 0.25) is 19.6 Å². The molecule has 2 aliphatic rings. The van der Waals surface area contributed by atoms with Crippen LogP contribution in [-0.2, 0) is 19.1 Å². The molecule has 1 saturated heterocycles. The van der Waals surface area contributed by atoms with Crippen LogP contribution in [-0.4, -0.2) is 61.8 Å². The van der Waals surface area contributed by atoms with Crippen LogP contribution >= 0.6 is 0 Å². The van der Waals surface area contributed by atoms with Gasteiger partial charge in [0, 0.05) is 0 Å². The third-order valence-electron chi connectivity index (χ3n) is 5.79. The van der Waals surface area contributed by atoms with E-state index < -0.39 is 37.8 Å². The molecule has 0 aromatic rings. The number of amides is 2. The molecule has 1 aliphatic heterocycles. The van der Waals surface area contributed by atoms with E-state index in [1.807, 2.05) is 0 Å². The zero-order valence-corrected chi connectivity index (χ0v) is 21.7. The van der Waals surface area contributed by atoms with Crippen LogP contribution in [0.1, 0.15) is 65.7 Å². The Kier molecular flexibility index (Phi) is 8.80. The molecule has 7 nitrogen and oxygen atoms in total. The highest BCUT2D eigenvalue weighted by Crippen LogP contribution is 2.32. The fraction of sp³-hybridized carbons (Fsp3) is 0.792. The Hall–Kier alpha value is -2.01. The lowest BCUT2D eigenvalue weighted by Gasteiger charge is -2.36. The number of carbonyl (C=O) groups is 3. The standard InChI is InChI=1S/C24H40N2O5Si/c1-24(2,3)31-23(29)25-20(17-11-9-8-10-12-17)21(27)26-18(15-16-32(5,6)7)13-14-19(26)22(28)30-4/h17-20H,8-14H2,1-7H3,(H,25,29)/t18-,19?,20+/m1/s1. The maximum atomic E-state index is 13.9. The lowest BCUT2D eigenvalue weighted by Crippen LogP contribution is -2.57. The number of esters is 1. The molecule has 0 aromatic heterocycles. The molecular weight excluding hydrogens is 424 g/mol. The van der Waals surface area contributed by atoms with Gasteiger partial charge in [0.05, 0.1) is 13.2 Å². The summed E-state index contributed by atoms with van der Waals surface area (Å²) in [7, 11) is -0.327. The van der Waals surface area contributed by atoms with Gasteiger partial charge in [0.25, 0.3) is 0 Å². The van der Waals surface area contributed by atoms with E-state index in [0.29, 0.717) is 12.8 Å². The van der Waals surface area contributed by atoms with Crippen LogP contribution in [0.15, 0.2) is 0 Å². The molecular formula is C24H40N2O5Si. The van der Waals surface area contributed by atoms with Crippen LogP contribution in [0.5, 0.6) is 0 Å². The molecule has 180 valence electrons. The third kappa shape index (κ3) is 7.54. The first-order chi connectivity index (χ1) is 14.8. The van der Waals surface area contributed by atoms with Gasteiger partial charge < -0.3 is 19.7 Å². The minimum absolute atomic E-state index is 0.00765. The Balaban J connectivity index is 2.36. The van der Waals surface area contributed by atoms with Crippen molar-refractivity contribution in [3.8, 4) is 11.5 Å². The molecule has 0 radical (unpaired) electrons. The number of nitrogens with one attached hydrogen (secondary N) is 1. The summed E-state index contributed by atoms with van der Waals surface area (Å²) in [5, 5.41) is 2.85. The summed E-state index contributed by atoms with van der Waals surface area (Å²) in [6.45, 7) is 11.8. The first-order valence-electron chi connectivity index (χ1n) is 11.7. The van der Waals surface area contributed by atoms with Gasteiger partial charge in [-0.2, -0.15) is 0 Å². The minimum Gasteiger partial charge on any atom is -0.467 e. The van der Waals surface area contributed by atoms with Gasteiger partial charge in [-0.1, -0.05) is 44.8 Å². The maximum Gasteiger partial charge on any atom is 0.408 e. The molecule has 2 amide bonds. The molecule has 1 aliphatic carbocycles. The van der Waals surface area contributed by atoms with Gasteiger partial charge in [-0.15, -0.1) is 5.54 Å². The second kappa shape index (κ2) is 10.7. The van der Waals surface area contributed by atoms with E-state index in [0.717, 1.165) is 32.1 Å². The zero-order chi connectivity index (χ0) is 24.1. The second-order valence-electron chi connectivity index (χ2n) is 10.9. The first kappa shape index (κ1) is 26.2. The molecule has 8 heteroatoms. The molecule has 0 spiro atoms. The molecule has 1 N–H and O–H groups in total. The number of methoxy groups -OCH3 is 1. The number of alkyl carbamates (subject to hydrolysis) is 1. The fourth-order valence-corrected chi connectivity index (χ4v) is 4.97. The number of rotatable bonds is 4. The van der Waals surface area contributed by atoms with Crippen LogP contribution in [0, 0.1) is 17.4 Å². The van der Waals surface area contributed by atoms with Gasteiger partial charge >= 0.3 is 12.1 Å². The van der Waals surface area contributed by atoms with E-state index >= 15 is 0 Å². The SMILES string of the molecule is COC(=O)C1CC[C@H](C#C[Si](C)(C)C)N1C(=O)[C@@H](NC(=O)OC(C)(C)C)C1CCCCC1. The molecule has 32 heavy (non-hydrogen) atoms. The summed E-state index contributed by atoms with van der Waals surface area (Å²) in [4.78, 5) is 40.6. The topological polar surface area (TPSA) is 84.9 Å². The van der Waals surface area contributed by atoms with Crippen LogP contribution in [0.25, 0.3) is 0 Å². The van der Waals surface area contributed by atoms with Gasteiger partial charge in [0.15, 0.2) is 0 Å². The highest BCUT2D eigenvalue weighted by atomic mass is 28.3. The Morgan fingerprint density at radius 2 is 1.66 bits per heavy atom. The lowest BCUT2D eigenvalue weighted by atomic mass is 9.83. The quantitative estimate of drug-likeness (QED) is 0.388. The van der Waals surface area contributed by atoms with E-state index in [1.165, 1.54) is 7.11 Å². The number of nitrogens with zero attached hydrogens (tertiary/aromatic N) is 1. The smallest absolute Gasteiger partial charge is 0.408 e. The molecule has 1 saturated carbocycles. The number of carbonyl (C=O) groups excluding carboxylic acids is 3. The summed E-state index contributed by atoms with van der Waals surface area (Å²) in [5.41, 5.74) is 2.68. The van der Waals surface area contributed by atoms with Crippen molar-refractivity contribution in [2.24, 2.45) is 5.92 Å². The Labute approximate surface area is 194 Å². The van der Waals surface area contributed by atoms with Crippen molar-refractivity contribution in [3.05, 3.63) is 0 Å². The highest BCUT2D eigenvalue weighted by molar-refractivity contribution is 6.83. The van der Waals surface area contributed by atoms with Gasteiger partial charge in [-0.3, -0.25) is 4.79 Å². The van der Waals surface area contributed by atoms with Gasteiger partial charge in [-0.25, -0.2) is 9.59 Å². The maximum absolute atomic E-state index is 13.9. The molecule has 1 heterocycles. The highest BCUT2D eigenvalue weighted by Gasteiger charge is 2.45. The van der Waals surface area contributed by atoms with Crippen LogP contribution < -0.4 is 5.32 Å². The van der Waals surface area contributed by atoms with Crippen LogP contribution in [0.3, 0.4) is 0 Å². The number of hydrogen-bond acceptors (Lipinski definition) is 5. The van der Waals surface area contributed by atoms with E-state index in [1.54, 1.807) is 25.7 Å². The fourth-order valence-electron chi connectivity index (χ4n) is 4.37. The zero-order valence-electron chi connectivity index (χ0n) is 20.7. The summed E-state index contributed by atoms with van der Waals surface area (Å²) < 4.78 is 10.4. The Morgan fingerprint density at radius 1 is 1.03 bits per heavy atom. The number of ether oxygens (including phenoxy) is 2. The predicted molar refractivity (Wildman–Crippen MR) is 127 cm³/mol. The normalized spacial score (nSPS) is 23.0.